The lowest BCUT2D eigenvalue weighted by molar-refractivity contribution is 0.208. The Kier molecular flexibility index (Phi) is 5.76. The van der Waals surface area contributed by atoms with E-state index in [1.807, 2.05) is 0 Å². The maximum atomic E-state index is 8.68. The highest BCUT2D eigenvalue weighted by atomic mass is 16.5. The number of aliphatic hydroxyl groups is 1. The minimum absolute atomic E-state index is 0.309. The Hall–Kier alpha value is -0.760. The summed E-state index contributed by atoms with van der Waals surface area (Å²) in [5.41, 5.74) is 4.14. The van der Waals surface area contributed by atoms with Gasteiger partial charge >= 0.3 is 0 Å². The third-order valence-electron chi connectivity index (χ3n) is 3.89. The van der Waals surface area contributed by atoms with Crippen molar-refractivity contribution in [3.8, 4) is 0 Å². The van der Waals surface area contributed by atoms with Crippen LogP contribution in [0.25, 0.3) is 0 Å². The lowest BCUT2D eigenvalue weighted by Crippen LogP contribution is -1.98. The topological polar surface area (TPSA) is 29.5 Å². The van der Waals surface area contributed by atoms with E-state index >= 15 is 0 Å². The minimum atomic E-state index is 0.309. The summed E-state index contributed by atoms with van der Waals surface area (Å²) >= 11 is 0. The quantitative estimate of drug-likeness (QED) is 0.683. The van der Waals surface area contributed by atoms with E-state index in [0.29, 0.717) is 12.5 Å². The highest BCUT2D eigenvalue weighted by molar-refractivity contribution is 5.43. The molecular formula is C15H26O2. The summed E-state index contributed by atoms with van der Waals surface area (Å²) in [7, 11) is 0. The van der Waals surface area contributed by atoms with E-state index in [1.165, 1.54) is 16.7 Å². The number of ether oxygens (including phenoxy) is 1. The molecule has 0 saturated heterocycles. The summed E-state index contributed by atoms with van der Waals surface area (Å²) < 4.78 is 5.91. The molecule has 2 heteroatoms. The van der Waals surface area contributed by atoms with E-state index in [4.69, 9.17) is 9.84 Å². The number of aliphatic hydroxyl groups excluding tert-OH is 1. The van der Waals surface area contributed by atoms with Crippen molar-refractivity contribution in [1.29, 1.82) is 0 Å². The first-order valence-electron chi connectivity index (χ1n) is 6.71. The van der Waals surface area contributed by atoms with Crippen LogP contribution in [-0.2, 0) is 4.74 Å². The van der Waals surface area contributed by atoms with Gasteiger partial charge < -0.3 is 9.84 Å². The zero-order valence-electron chi connectivity index (χ0n) is 11.7. The van der Waals surface area contributed by atoms with E-state index in [0.717, 1.165) is 38.0 Å². The van der Waals surface area contributed by atoms with Crippen LogP contribution in [-0.4, -0.2) is 18.3 Å². The number of hydrogen-bond donors (Lipinski definition) is 1. The van der Waals surface area contributed by atoms with E-state index in [1.54, 1.807) is 0 Å². The Balaban J connectivity index is 2.32. The third-order valence-corrected chi connectivity index (χ3v) is 3.89. The van der Waals surface area contributed by atoms with Gasteiger partial charge in [-0.15, -0.1) is 0 Å². The first-order chi connectivity index (χ1) is 8.09. The first kappa shape index (κ1) is 14.3. The third kappa shape index (κ3) is 3.60. The van der Waals surface area contributed by atoms with Gasteiger partial charge in [-0.25, -0.2) is 0 Å². The van der Waals surface area contributed by atoms with Crippen LogP contribution in [0, 0.1) is 5.92 Å². The summed E-state index contributed by atoms with van der Waals surface area (Å²) in [6.07, 6.45) is 4.24. The van der Waals surface area contributed by atoms with Crippen molar-refractivity contribution in [1.82, 2.24) is 0 Å². The van der Waals surface area contributed by atoms with Crippen LogP contribution in [0.1, 0.15) is 53.4 Å². The second kappa shape index (κ2) is 6.85. The van der Waals surface area contributed by atoms with Crippen molar-refractivity contribution >= 4 is 0 Å². The maximum absolute atomic E-state index is 8.68. The molecule has 1 N–H and O–H groups in total. The van der Waals surface area contributed by atoms with E-state index < -0.39 is 0 Å². The molecule has 0 aromatic rings. The Bertz CT molecular complexity index is 313. The molecule has 0 radical (unpaired) electrons. The van der Waals surface area contributed by atoms with Gasteiger partial charge in [-0.1, -0.05) is 18.9 Å². The molecule has 0 aromatic carbocycles. The van der Waals surface area contributed by atoms with Crippen LogP contribution in [0.15, 0.2) is 22.5 Å². The Morgan fingerprint density at radius 1 is 1.00 bits per heavy atom. The second-order valence-corrected chi connectivity index (χ2v) is 5.03. The summed E-state index contributed by atoms with van der Waals surface area (Å²) in [6, 6.07) is 0. The fourth-order valence-electron chi connectivity index (χ4n) is 2.28. The minimum Gasteiger partial charge on any atom is -0.493 e. The zero-order valence-corrected chi connectivity index (χ0v) is 11.7. The molecule has 17 heavy (non-hydrogen) atoms. The van der Waals surface area contributed by atoms with Crippen LogP contribution in [0.3, 0.4) is 0 Å². The van der Waals surface area contributed by atoms with Crippen molar-refractivity contribution in [2.24, 2.45) is 5.92 Å². The summed E-state index contributed by atoms with van der Waals surface area (Å²) in [5, 5.41) is 8.68. The van der Waals surface area contributed by atoms with Crippen LogP contribution >= 0.6 is 0 Å². The van der Waals surface area contributed by atoms with Crippen LogP contribution in [0.2, 0.25) is 0 Å². The van der Waals surface area contributed by atoms with E-state index in [9.17, 15) is 0 Å². The molecule has 98 valence electrons. The van der Waals surface area contributed by atoms with Crippen LogP contribution in [0.4, 0.5) is 0 Å². The molecule has 1 aliphatic rings. The predicted molar refractivity (Wildman–Crippen MR) is 71.7 cm³/mol. The van der Waals surface area contributed by atoms with Gasteiger partial charge in [0.1, 0.15) is 5.76 Å². The highest BCUT2D eigenvalue weighted by Crippen LogP contribution is 2.36. The van der Waals surface area contributed by atoms with Gasteiger partial charge in [0, 0.05) is 12.5 Å². The van der Waals surface area contributed by atoms with Gasteiger partial charge in [0.2, 0.25) is 0 Å². The van der Waals surface area contributed by atoms with Crippen LogP contribution in [0.5, 0.6) is 0 Å². The van der Waals surface area contributed by atoms with Crippen molar-refractivity contribution in [3.05, 3.63) is 22.5 Å². The fourth-order valence-corrected chi connectivity index (χ4v) is 2.28. The van der Waals surface area contributed by atoms with Gasteiger partial charge in [0.15, 0.2) is 0 Å². The monoisotopic (exact) mass is 238 g/mol. The van der Waals surface area contributed by atoms with Gasteiger partial charge in [0.25, 0.3) is 0 Å². The normalized spacial score (nSPS) is 20.4. The predicted octanol–water partition coefficient (Wildman–Crippen LogP) is 3.82. The Morgan fingerprint density at radius 3 is 2.18 bits per heavy atom. The molecule has 1 rings (SSSR count). The number of hydrogen-bond acceptors (Lipinski definition) is 2. The second-order valence-electron chi connectivity index (χ2n) is 5.03. The maximum Gasteiger partial charge on any atom is 0.121 e. The van der Waals surface area contributed by atoms with E-state index in [-0.39, 0.29) is 0 Å². The van der Waals surface area contributed by atoms with E-state index in [2.05, 4.69) is 27.7 Å². The molecule has 0 aliphatic heterocycles. The van der Waals surface area contributed by atoms with Crippen molar-refractivity contribution in [2.75, 3.05) is 13.2 Å². The lowest BCUT2D eigenvalue weighted by atomic mass is 10.0. The molecule has 0 bridgehead atoms. The van der Waals surface area contributed by atoms with Crippen molar-refractivity contribution < 1.29 is 9.84 Å². The number of rotatable bonds is 7. The fraction of sp³-hybridized carbons (Fsp3) is 0.733. The number of unbranched alkanes of at least 4 members (excludes halogenated alkanes) is 3. The van der Waals surface area contributed by atoms with Gasteiger partial charge in [-0.3, -0.25) is 0 Å². The summed E-state index contributed by atoms with van der Waals surface area (Å²) in [6.45, 7) is 9.88. The van der Waals surface area contributed by atoms with Gasteiger partial charge in [-0.2, -0.15) is 0 Å². The highest BCUT2D eigenvalue weighted by Gasteiger charge is 2.23. The van der Waals surface area contributed by atoms with Crippen molar-refractivity contribution in [3.63, 3.8) is 0 Å². The zero-order chi connectivity index (χ0) is 12.8. The van der Waals surface area contributed by atoms with Crippen molar-refractivity contribution in [2.45, 2.75) is 53.4 Å². The molecule has 0 aromatic heterocycles. The van der Waals surface area contributed by atoms with Gasteiger partial charge in [0.05, 0.1) is 6.61 Å². The average Bonchev–Trinajstić information content (AvgIpc) is 2.50. The molecule has 1 aliphatic carbocycles. The molecule has 2 nitrogen and oxygen atoms in total. The lowest BCUT2D eigenvalue weighted by Gasteiger charge is -2.10. The SMILES string of the molecule is CC1=C(C)C(C)C(C)=C1OCCCCCCO. The standard InChI is InChI=1S/C15H26O2/c1-11-12(2)14(4)15(13(11)3)17-10-8-6-5-7-9-16/h11,16H,5-10H2,1-4H3. The molecule has 1 atom stereocenters. The first-order valence-corrected chi connectivity index (χ1v) is 6.71. The smallest absolute Gasteiger partial charge is 0.121 e. The van der Waals surface area contributed by atoms with Crippen LogP contribution < -0.4 is 0 Å². The molecule has 0 spiro atoms. The number of allylic oxidation sites excluding steroid dienone is 3. The molecule has 0 saturated carbocycles. The Morgan fingerprint density at radius 2 is 1.65 bits per heavy atom. The average molecular weight is 238 g/mol. The molecule has 1 unspecified atom stereocenters. The molecule has 0 fully saturated rings. The van der Waals surface area contributed by atoms with Gasteiger partial charge in [-0.05, 0) is 51.2 Å². The molecular weight excluding hydrogens is 212 g/mol. The molecule has 0 heterocycles. The Labute approximate surface area is 105 Å². The largest absolute Gasteiger partial charge is 0.493 e. The summed E-state index contributed by atoms with van der Waals surface area (Å²) in [4.78, 5) is 0. The summed E-state index contributed by atoms with van der Waals surface area (Å²) in [5.74, 6) is 1.66. The molecule has 0 amide bonds.